The molecule has 1 unspecified atom stereocenters. The van der Waals surface area contributed by atoms with Crippen molar-refractivity contribution in [1.82, 2.24) is 0 Å². The molecule has 1 fully saturated rings. The lowest BCUT2D eigenvalue weighted by molar-refractivity contribution is 0.141. The summed E-state index contributed by atoms with van der Waals surface area (Å²) >= 11 is 9.22. The van der Waals surface area contributed by atoms with Gasteiger partial charge in [-0.25, -0.2) is 0 Å². The summed E-state index contributed by atoms with van der Waals surface area (Å²) in [4.78, 5) is 0. The monoisotopic (exact) mass is 291 g/mol. The summed E-state index contributed by atoms with van der Waals surface area (Å²) in [6.07, 6.45) is 0.985. The molecule has 82 valence electrons. The Kier molecular flexibility index (Phi) is 3.38. The van der Waals surface area contributed by atoms with Gasteiger partial charge in [0.1, 0.15) is 6.10 Å². The third-order valence-corrected chi connectivity index (χ3v) is 3.02. The van der Waals surface area contributed by atoms with Crippen LogP contribution in [0.1, 0.15) is 6.42 Å². The van der Waals surface area contributed by atoms with E-state index < -0.39 is 0 Å². The third-order valence-electron chi connectivity index (χ3n) is 2.21. The minimum absolute atomic E-state index is 0.0878. The molecule has 2 N–H and O–H groups in total. The molecule has 1 heterocycles. The Labute approximate surface area is 102 Å². The number of nitrogen functional groups attached to an aromatic ring is 1. The molecule has 1 atom stereocenters. The first kappa shape index (κ1) is 11.0. The molecule has 1 saturated heterocycles. The topological polar surface area (TPSA) is 44.5 Å². The number of nitrogens with two attached hydrogens (primary N) is 1. The lowest BCUT2D eigenvalue weighted by Gasteiger charge is -2.15. The molecule has 0 bridgehead atoms. The molecule has 0 spiro atoms. The van der Waals surface area contributed by atoms with Crippen LogP contribution < -0.4 is 10.5 Å². The molecule has 15 heavy (non-hydrogen) atoms. The lowest BCUT2D eigenvalue weighted by Crippen LogP contribution is -2.16. The second-order valence-corrected chi connectivity index (χ2v) is 4.70. The van der Waals surface area contributed by atoms with Crippen molar-refractivity contribution < 1.29 is 9.47 Å². The van der Waals surface area contributed by atoms with Crippen LogP contribution in [0, 0.1) is 0 Å². The van der Waals surface area contributed by atoms with Gasteiger partial charge in [0.25, 0.3) is 0 Å². The van der Waals surface area contributed by atoms with Crippen molar-refractivity contribution in [2.24, 2.45) is 0 Å². The minimum Gasteiger partial charge on any atom is -0.485 e. The van der Waals surface area contributed by atoms with Gasteiger partial charge in [-0.15, -0.1) is 0 Å². The molecule has 0 saturated carbocycles. The van der Waals surface area contributed by atoms with Crippen LogP contribution in [-0.2, 0) is 4.74 Å². The third kappa shape index (κ3) is 2.56. The van der Waals surface area contributed by atoms with Crippen molar-refractivity contribution in [3.05, 3.63) is 21.6 Å². The van der Waals surface area contributed by atoms with Gasteiger partial charge in [0.15, 0.2) is 5.75 Å². The van der Waals surface area contributed by atoms with E-state index in [4.69, 9.17) is 26.8 Å². The van der Waals surface area contributed by atoms with Crippen LogP contribution in [-0.4, -0.2) is 19.3 Å². The maximum absolute atomic E-state index is 5.85. The van der Waals surface area contributed by atoms with Gasteiger partial charge in [-0.1, -0.05) is 11.6 Å². The normalized spacial score (nSPS) is 20.5. The van der Waals surface area contributed by atoms with E-state index in [1.54, 1.807) is 12.1 Å². The number of ether oxygens (including phenoxy) is 2. The van der Waals surface area contributed by atoms with Gasteiger partial charge in [-0.3, -0.25) is 0 Å². The fraction of sp³-hybridized carbons (Fsp3) is 0.400. The highest BCUT2D eigenvalue weighted by molar-refractivity contribution is 9.10. The van der Waals surface area contributed by atoms with E-state index in [1.165, 1.54) is 0 Å². The van der Waals surface area contributed by atoms with Gasteiger partial charge < -0.3 is 15.2 Å². The molecule has 1 aromatic carbocycles. The van der Waals surface area contributed by atoms with Crippen LogP contribution in [0.15, 0.2) is 16.6 Å². The Morgan fingerprint density at radius 1 is 1.53 bits per heavy atom. The molecule has 3 nitrogen and oxygen atoms in total. The average molecular weight is 293 g/mol. The van der Waals surface area contributed by atoms with E-state index in [2.05, 4.69) is 15.9 Å². The Bertz CT molecular complexity index is 343. The molecule has 0 radical (unpaired) electrons. The summed E-state index contributed by atoms with van der Waals surface area (Å²) in [5, 5.41) is 0.592. The first-order chi connectivity index (χ1) is 7.16. The van der Waals surface area contributed by atoms with E-state index in [1.807, 2.05) is 0 Å². The van der Waals surface area contributed by atoms with Gasteiger partial charge in [-0.05, 0) is 28.1 Å². The molecule has 0 amide bonds. The molecular formula is C10H11BrClNO2. The summed E-state index contributed by atoms with van der Waals surface area (Å²) in [6, 6.07) is 3.44. The quantitative estimate of drug-likeness (QED) is 0.853. The fourth-order valence-corrected chi connectivity index (χ4v) is 2.40. The predicted octanol–water partition coefficient (Wildman–Crippen LogP) is 2.85. The summed E-state index contributed by atoms with van der Waals surface area (Å²) < 4.78 is 11.7. The van der Waals surface area contributed by atoms with Gasteiger partial charge in [0.2, 0.25) is 0 Å². The van der Waals surface area contributed by atoms with Crippen molar-refractivity contribution in [2.45, 2.75) is 12.5 Å². The summed E-state index contributed by atoms with van der Waals surface area (Å²) in [5.41, 5.74) is 6.36. The summed E-state index contributed by atoms with van der Waals surface area (Å²) in [7, 11) is 0. The number of benzene rings is 1. The molecule has 5 heteroatoms. The molecule has 0 aliphatic carbocycles. The van der Waals surface area contributed by atoms with Crippen LogP contribution in [0.3, 0.4) is 0 Å². The molecular weight excluding hydrogens is 281 g/mol. The van der Waals surface area contributed by atoms with Crippen LogP contribution in [0.25, 0.3) is 0 Å². The van der Waals surface area contributed by atoms with Crippen molar-refractivity contribution in [1.29, 1.82) is 0 Å². The number of anilines is 1. The Balaban J connectivity index is 2.19. The van der Waals surface area contributed by atoms with Gasteiger partial charge in [0, 0.05) is 11.4 Å². The maximum atomic E-state index is 5.85. The van der Waals surface area contributed by atoms with Crippen LogP contribution in [0.4, 0.5) is 5.69 Å². The van der Waals surface area contributed by atoms with E-state index in [9.17, 15) is 0 Å². The Morgan fingerprint density at radius 2 is 2.33 bits per heavy atom. The zero-order valence-corrected chi connectivity index (χ0v) is 10.3. The van der Waals surface area contributed by atoms with Crippen LogP contribution >= 0.6 is 27.5 Å². The number of halogens is 2. The van der Waals surface area contributed by atoms with Gasteiger partial charge in [-0.2, -0.15) is 0 Å². The lowest BCUT2D eigenvalue weighted by atomic mass is 10.2. The highest BCUT2D eigenvalue weighted by atomic mass is 79.9. The predicted molar refractivity (Wildman–Crippen MR) is 63.4 cm³/mol. The SMILES string of the molecule is Nc1cc(Cl)cc(Br)c1OC1CCOC1. The zero-order valence-electron chi connectivity index (χ0n) is 8.00. The van der Waals surface area contributed by atoms with E-state index in [-0.39, 0.29) is 6.10 Å². The summed E-state index contributed by atoms with van der Waals surface area (Å²) in [6.45, 7) is 1.37. The number of hydrogen-bond acceptors (Lipinski definition) is 3. The maximum Gasteiger partial charge on any atom is 0.156 e. The minimum atomic E-state index is 0.0878. The molecule has 2 rings (SSSR count). The second kappa shape index (κ2) is 4.60. The summed E-state index contributed by atoms with van der Waals surface area (Å²) in [5.74, 6) is 0.648. The molecule has 1 aliphatic rings. The van der Waals surface area contributed by atoms with E-state index in [0.29, 0.717) is 23.1 Å². The standard InChI is InChI=1S/C10H11BrClNO2/c11-8-3-6(12)4-9(13)10(8)15-7-1-2-14-5-7/h3-4,7H,1-2,5,13H2. The van der Waals surface area contributed by atoms with Gasteiger partial charge >= 0.3 is 0 Å². The highest BCUT2D eigenvalue weighted by Gasteiger charge is 2.19. The van der Waals surface area contributed by atoms with E-state index in [0.717, 1.165) is 17.5 Å². The van der Waals surface area contributed by atoms with Crippen molar-refractivity contribution >= 4 is 33.2 Å². The second-order valence-electron chi connectivity index (χ2n) is 3.41. The fourth-order valence-electron chi connectivity index (χ4n) is 1.48. The molecule has 1 aliphatic heterocycles. The average Bonchev–Trinajstić information content (AvgIpc) is 2.63. The Morgan fingerprint density at radius 3 is 2.93 bits per heavy atom. The zero-order chi connectivity index (χ0) is 10.8. The van der Waals surface area contributed by atoms with Crippen molar-refractivity contribution in [3.63, 3.8) is 0 Å². The molecule has 1 aromatic rings. The first-order valence-electron chi connectivity index (χ1n) is 4.66. The number of hydrogen-bond donors (Lipinski definition) is 1. The van der Waals surface area contributed by atoms with Crippen molar-refractivity contribution in [3.8, 4) is 5.75 Å². The molecule has 0 aromatic heterocycles. The van der Waals surface area contributed by atoms with E-state index >= 15 is 0 Å². The highest BCUT2D eigenvalue weighted by Crippen LogP contribution is 2.35. The Hall–Kier alpha value is -0.450. The number of rotatable bonds is 2. The van der Waals surface area contributed by atoms with Crippen LogP contribution in [0.5, 0.6) is 5.75 Å². The van der Waals surface area contributed by atoms with Crippen LogP contribution in [0.2, 0.25) is 5.02 Å². The largest absolute Gasteiger partial charge is 0.485 e. The smallest absolute Gasteiger partial charge is 0.156 e. The first-order valence-corrected chi connectivity index (χ1v) is 5.83. The van der Waals surface area contributed by atoms with Gasteiger partial charge in [0.05, 0.1) is 23.4 Å². The van der Waals surface area contributed by atoms with Crippen molar-refractivity contribution in [2.75, 3.05) is 18.9 Å².